The fourth-order valence-electron chi connectivity index (χ4n) is 2.68. The Morgan fingerprint density at radius 2 is 2.17 bits per heavy atom. The van der Waals surface area contributed by atoms with Crippen molar-refractivity contribution in [2.75, 3.05) is 0 Å². The maximum Gasteiger partial charge on any atom is 0.393 e. The number of halogens is 3. The van der Waals surface area contributed by atoms with E-state index in [1.807, 2.05) is 5.38 Å². The second-order valence-electron chi connectivity index (χ2n) is 5.61. The minimum absolute atomic E-state index is 0.0838. The number of hydrogen-bond acceptors (Lipinski definition) is 5. The quantitative estimate of drug-likeness (QED) is 0.905. The number of alkyl halides is 3. The molecule has 0 aromatic carbocycles. The summed E-state index contributed by atoms with van der Waals surface area (Å²) in [5, 5.41) is 14.3. The van der Waals surface area contributed by atoms with Crippen molar-refractivity contribution >= 4 is 11.3 Å². The third-order valence-corrected chi connectivity index (χ3v) is 5.02. The van der Waals surface area contributed by atoms with E-state index in [1.165, 1.54) is 0 Å². The highest BCUT2D eigenvalue weighted by Crippen LogP contribution is 2.34. The predicted octanol–water partition coefficient (Wildman–Crippen LogP) is 2.71. The van der Waals surface area contributed by atoms with Crippen molar-refractivity contribution in [2.24, 2.45) is 5.92 Å². The lowest BCUT2D eigenvalue weighted by molar-refractivity contribution is -0.182. The van der Waals surface area contributed by atoms with Gasteiger partial charge in [0.1, 0.15) is 11.6 Å². The van der Waals surface area contributed by atoms with Gasteiger partial charge in [-0.05, 0) is 12.8 Å². The van der Waals surface area contributed by atoms with Crippen LogP contribution in [-0.4, -0.2) is 25.9 Å². The number of rotatable bonds is 5. The van der Waals surface area contributed by atoms with Crippen molar-refractivity contribution in [3.05, 3.63) is 27.7 Å². The van der Waals surface area contributed by atoms with Crippen LogP contribution in [0.15, 0.2) is 5.38 Å². The highest BCUT2D eigenvalue weighted by atomic mass is 32.1. The third-order valence-electron chi connectivity index (χ3n) is 3.98. The maximum atomic E-state index is 12.9. The fraction of sp³-hybridized carbons (Fsp3) is 0.643. The molecular formula is C14H18F3N5S. The topological polar surface area (TPSA) is 55.6 Å². The fourth-order valence-corrected chi connectivity index (χ4v) is 3.42. The number of nitrogens with one attached hydrogen (secondary N) is 1. The maximum absolute atomic E-state index is 12.9. The Balaban J connectivity index is 1.60. The van der Waals surface area contributed by atoms with Gasteiger partial charge in [0.15, 0.2) is 0 Å². The highest BCUT2D eigenvalue weighted by molar-refractivity contribution is 7.09. The van der Waals surface area contributed by atoms with E-state index in [2.05, 4.69) is 27.4 Å². The second-order valence-corrected chi connectivity index (χ2v) is 6.55. The molecule has 1 N–H and O–H groups in total. The predicted molar refractivity (Wildman–Crippen MR) is 79.9 cm³/mol. The van der Waals surface area contributed by atoms with E-state index in [1.54, 1.807) is 15.9 Å². The molecule has 1 atom stereocenters. The molecular weight excluding hydrogens is 327 g/mol. The van der Waals surface area contributed by atoms with Gasteiger partial charge >= 0.3 is 6.18 Å². The molecule has 0 amide bonds. The van der Waals surface area contributed by atoms with E-state index in [4.69, 9.17) is 0 Å². The van der Waals surface area contributed by atoms with Gasteiger partial charge in [-0.25, -0.2) is 4.98 Å². The molecule has 1 aliphatic heterocycles. The average molecular weight is 345 g/mol. The Bertz CT molecular complexity index is 664. The SMILES string of the molecule is CCc1nc(CNCc2nnc3n2CC(C(F)(F)F)CC3)cs1. The molecule has 5 nitrogen and oxygen atoms in total. The molecule has 0 bridgehead atoms. The summed E-state index contributed by atoms with van der Waals surface area (Å²) in [7, 11) is 0. The normalized spacial score (nSPS) is 18.2. The van der Waals surface area contributed by atoms with Gasteiger partial charge in [0, 0.05) is 24.9 Å². The van der Waals surface area contributed by atoms with Crippen LogP contribution < -0.4 is 5.32 Å². The summed E-state index contributed by atoms with van der Waals surface area (Å²) >= 11 is 1.61. The van der Waals surface area contributed by atoms with E-state index in [9.17, 15) is 13.2 Å². The number of hydrogen-bond donors (Lipinski definition) is 1. The Morgan fingerprint density at radius 1 is 1.35 bits per heavy atom. The van der Waals surface area contributed by atoms with Crippen molar-refractivity contribution in [3.8, 4) is 0 Å². The van der Waals surface area contributed by atoms with E-state index in [-0.39, 0.29) is 13.0 Å². The van der Waals surface area contributed by atoms with Crippen molar-refractivity contribution < 1.29 is 13.2 Å². The number of aromatic nitrogens is 4. The summed E-state index contributed by atoms with van der Waals surface area (Å²) in [6, 6.07) is 0. The Morgan fingerprint density at radius 3 is 2.87 bits per heavy atom. The lowest BCUT2D eigenvalue weighted by atomic mass is 9.99. The third kappa shape index (κ3) is 3.72. The minimum Gasteiger partial charge on any atom is -0.313 e. The first-order valence-electron chi connectivity index (χ1n) is 7.59. The Kier molecular flexibility index (Phi) is 4.67. The zero-order chi connectivity index (χ0) is 16.4. The Hall–Kier alpha value is -1.48. The van der Waals surface area contributed by atoms with E-state index >= 15 is 0 Å². The largest absolute Gasteiger partial charge is 0.393 e. The summed E-state index contributed by atoms with van der Waals surface area (Å²) < 4.78 is 40.3. The minimum atomic E-state index is -4.16. The van der Waals surface area contributed by atoms with Crippen LogP contribution in [0.3, 0.4) is 0 Å². The lowest BCUT2D eigenvalue weighted by Crippen LogP contribution is -2.33. The molecule has 3 heterocycles. The summed E-state index contributed by atoms with van der Waals surface area (Å²) in [5.74, 6) is -0.112. The first-order chi connectivity index (χ1) is 11.0. The number of aryl methyl sites for hydroxylation is 2. The first-order valence-corrected chi connectivity index (χ1v) is 8.47. The zero-order valence-corrected chi connectivity index (χ0v) is 13.5. The summed E-state index contributed by atoms with van der Waals surface area (Å²) in [6.07, 6.45) is -2.85. The van der Waals surface area contributed by atoms with Gasteiger partial charge < -0.3 is 9.88 Å². The standard InChI is InChI=1S/C14H18F3N5S/c1-2-13-19-10(8-23-13)5-18-6-12-21-20-11-4-3-9(7-22(11)12)14(15,16)17/h8-9,18H,2-7H2,1H3. The number of fused-ring (bicyclic) bond motifs is 1. The number of nitrogens with zero attached hydrogens (tertiary/aromatic N) is 4. The molecule has 126 valence electrons. The molecule has 2 aromatic rings. The smallest absolute Gasteiger partial charge is 0.313 e. The average Bonchev–Trinajstić information content (AvgIpc) is 3.13. The van der Waals surface area contributed by atoms with E-state index in [0.29, 0.717) is 31.2 Å². The van der Waals surface area contributed by atoms with Crippen LogP contribution in [0.2, 0.25) is 0 Å². The van der Waals surface area contributed by atoms with Gasteiger partial charge in [-0.15, -0.1) is 21.5 Å². The highest BCUT2D eigenvalue weighted by Gasteiger charge is 2.42. The second kappa shape index (κ2) is 6.56. The van der Waals surface area contributed by atoms with E-state index in [0.717, 1.165) is 17.1 Å². The Labute approximate surface area is 136 Å². The van der Waals surface area contributed by atoms with Crippen LogP contribution in [-0.2, 0) is 32.5 Å². The van der Waals surface area contributed by atoms with Gasteiger partial charge in [-0.1, -0.05) is 6.92 Å². The summed E-state index contributed by atoms with van der Waals surface area (Å²) in [5.41, 5.74) is 0.943. The van der Waals surface area contributed by atoms with E-state index < -0.39 is 12.1 Å². The van der Waals surface area contributed by atoms with Gasteiger partial charge in [0.25, 0.3) is 0 Å². The monoisotopic (exact) mass is 345 g/mol. The van der Waals surface area contributed by atoms with Crippen LogP contribution in [0, 0.1) is 5.92 Å². The molecule has 9 heteroatoms. The first kappa shape index (κ1) is 16.4. The molecule has 3 rings (SSSR count). The van der Waals surface area contributed by atoms with Gasteiger partial charge in [-0.2, -0.15) is 13.2 Å². The van der Waals surface area contributed by atoms with Crippen LogP contribution in [0.1, 0.15) is 35.7 Å². The lowest BCUT2D eigenvalue weighted by Gasteiger charge is -2.26. The van der Waals surface area contributed by atoms with Crippen molar-refractivity contribution in [3.63, 3.8) is 0 Å². The van der Waals surface area contributed by atoms with Crippen LogP contribution in [0.4, 0.5) is 13.2 Å². The molecule has 23 heavy (non-hydrogen) atoms. The van der Waals surface area contributed by atoms with Crippen LogP contribution >= 0.6 is 11.3 Å². The molecule has 1 aliphatic rings. The van der Waals surface area contributed by atoms with Crippen molar-refractivity contribution in [2.45, 2.75) is 52.0 Å². The van der Waals surface area contributed by atoms with Crippen molar-refractivity contribution in [1.29, 1.82) is 0 Å². The molecule has 0 aliphatic carbocycles. The van der Waals surface area contributed by atoms with Gasteiger partial charge in [0.2, 0.25) is 0 Å². The molecule has 0 saturated carbocycles. The zero-order valence-electron chi connectivity index (χ0n) is 12.7. The van der Waals surface area contributed by atoms with Crippen LogP contribution in [0.5, 0.6) is 0 Å². The molecule has 2 aromatic heterocycles. The summed E-state index contributed by atoms with van der Waals surface area (Å²) in [6.45, 7) is 2.92. The summed E-state index contributed by atoms with van der Waals surface area (Å²) in [4.78, 5) is 4.44. The van der Waals surface area contributed by atoms with Gasteiger partial charge in [0.05, 0.1) is 23.2 Å². The van der Waals surface area contributed by atoms with Gasteiger partial charge in [-0.3, -0.25) is 0 Å². The number of thiazole rings is 1. The molecule has 0 spiro atoms. The van der Waals surface area contributed by atoms with Crippen molar-refractivity contribution in [1.82, 2.24) is 25.1 Å². The molecule has 0 fully saturated rings. The molecule has 0 radical (unpaired) electrons. The molecule has 0 saturated heterocycles. The van der Waals surface area contributed by atoms with Crippen LogP contribution in [0.25, 0.3) is 0 Å². The molecule has 1 unspecified atom stereocenters.